The molecule has 1 aliphatic heterocycles. The van der Waals surface area contributed by atoms with E-state index in [-0.39, 0.29) is 17.7 Å². The molecule has 0 saturated carbocycles. The number of nitrogens with zero attached hydrogens (tertiary/aromatic N) is 2. The van der Waals surface area contributed by atoms with Crippen molar-refractivity contribution in [3.8, 4) is 5.75 Å². The molecule has 2 amide bonds. The van der Waals surface area contributed by atoms with Gasteiger partial charge in [-0.2, -0.15) is 0 Å². The first-order valence-corrected chi connectivity index (χ1v) is 12.0. The normalized spacial score (nSPS) is 15.0. The molecule has 0 spiro atoms. The van der Waals surface area contributed by atoms with Gasteiger partial charge in [0.25, 0.3) is 11.1 Å². The Balaban J connectivity index is 1.37. The Morgan fingerprint density at radius 2 is 1.74 bits per heavy atom. The van der Waals surface area contributed by atoms with Crippen LogP contribution >= 0.6 is 11.8 Å². The van der Waals surface area contributed by atoms with Gasteiger partial charge in [0.15, 0.2) is 0 Å². The Kier molecular flexibility index (Phi) is 6.23. The van der Waals surface area contributed by atoms with E-state index in [0.29, 0.717) is 18.1 Å². The van der Waals surface area contributed by atoms with E-state index < -0.39 is 0 Å². The Morgan fingerprint density at radius 1 is 0.941 bits per heavy atom. The van der Waals surface area contributed by atoms with Gasteiger partial charge in [0.2, 0.25) is 0 Å². The second-order valence-electron chi connectivity index (χ2n) is 8.21. The maximum atomic E-state index is 13.1. The van der Waals surface area contributed by atoms with Crippen molar-refractivity contribution < 1.29 is 14.3 Å². The summed E-state index contributed by atoms with van der Waals surface area (Å²) in [6, 6.07) is 25.7. The minimum absolute atomic E-state index is 0.238. The summed E-state index contributed by atoms with van der Waals surface area (Å²) in [5.41, 5.74) is 4.02. The molecule has 0 bridgehead atoms. The van der Waals surface area contributed by atoms with E-state index in [0.717, 1.165) is 45.1 Å². The quantitative estimate of drug-likeness (QED) is 0.300. The van der Waals surface area contributed by atoms with E-state index in [4.69, 9.17) is 4.74 Å². The highest BCUT2D eigenvalue weighted by Crippen LogP contribution is 2.35. The molecular formula is C28H24N2O3S. The summed E-state index contributed by atoms with van der Waals surface area (Å²) < 4.78 is 7.99. The topological polar surface area (TPSA) is 51.5 Å². The highest BCUT2D eigenvalue weighted by molar-refractivity contribution is 8.18. The smallest absolute Gasteiger partial charge is 0.293 e. The molecule has 4 aromatic rings. The maximum Gasteiger partial charge on any atom is 0.293 e. The monoisotopic (exact) mass is 468 g/mol. The molecule has 5 nitrogen and oxygen atoms in total. The minimum atomic E-state index is -0.249. The molecule has 0 aliphatic carbocycles. The standard InChI is InChI=1S/C28H24N2O3S/c1-20-8-7-9-21(16-20)18-30-27(31)26(34-28(30)32)17-22-19-29(25-13-6-5-12-24(22)25)14-15-33-23-10-3-2-4-11-23/h2-13,16-17,19H,14-15,18H2,1H3/b26-17-. The lowest BCUT2D eigenvalue weighted by atomic mass is 10.1. The Hall–Kier alpha value is -3.77. The number of benzene rings is 3. The number of aromatic nitrogens is 1. The van der Waals surface area contributed by atoms with Crippen molar-refractivity contribution in [2.75, 3.05) is 6.61 Å². The summed E-state index contributed by atoms with van der Waals surface area (Å²) in [6.45, 7) is 3.47. The largest absolute Gasteiger partial charge is 0.492 e. The number of thioether (sulfide) groups is 1. The second-order valence-corrected chi connectivity index (χ2v) is 9.21. The molecule has 3 aromatic carbocycles. The van der Waals surface area contributed by atoms with Gasteiger partial charge in [0, 0.05) is 22.7 Å². The molecule has 0 unspecified atom stereocenters. The zero-order chi connectivity index (χ0) is 23.5. The summed E-state index contributed by atoms with van der Waals surface area (Å²) in [5.74, 6) is 0.585. The molecule has 1 saturated heterocycles. The van der Waals surface area contributed by atoms with Gasteiger partial charge < -0.3 is 9.30 Å². The van der Waals surface area contributed by atoms with Gasteiger partial charge in [-0.15, -0.1) is 0 Å². The Morgan fingerprint density at radius 3 is 2.56 bits per heavy atom. The number of hydrogen-bond acceptors (Lipinski definition) is 4. The summed E-state index contributed by atoms with van der Waals surface area (Å²) in [5, 5.41) is 0.797. The number of carbonyl (C=O) groups excluding carboxylic acids is 2. The molecule has 5 rings (SSSR count). The number of ether oxygens (including phenoxy) is 1. The number of carbonyl (C=O) groups is 2. The van der Waals surface area contributed by atoms with Crippen molar-refractivity contribution in [2.45, 2.75) is 20.0 Å². The zero-order valence-corrected chi connectivity index (χ0v) is 19.6. The number of rotatable bonds is 7. The molecule has 1 aromatic heterocycles. The van der Waals surface area contributed by atoms with Gasteiger partial charge in [-0.25, -0.2) is 0 Å². The SMILES string of the molecule is Cc1cccc(CN2C(=O)S/C(=C\c3cn(CCOc4ccccc4)c4ccccc34)C2=O)c1. The fraction of sp³-hybridized carbons (Fsp3) is 0.143. The van der Waals surface area contributed by atoms with Crippen LogP contribution in [0.3, 0.4) is 0 Å². The average molecular weight is 469 g/mol. The summed E-state index contributed by atoms with van der Waals surface area (Å²) in [7, 11) is 0. The van der Waals surface area contributed by atoms with Crippen LogP contribution in [0.15, 0.2) is 90.0 Å². The molecule has 1 fully saturated rings. The van der Waals surface area contributed by atoms with Crippen LogP contribution in [0.2, 0.25) is 0 Å². The molecule has 1 aliphatic rings. The van der Waals surface area contributed by atoms with Crippen LogP contribution in [0.4, 0.5) is 4.79 Å². The van der Waals surface area contributed by atoms with E-state index in [1.807, 2.05) is 92.0 Å². The molecule has 0 atom stereocenters. The lowest BCUT2D eigenvalue weighted by Crippen LogP contribution is -2.27. The van der Waals surface area contributed by atoms with Crippen molar-refractivity contribution in [1.29, 1.82) is 0 Å². The first-order valence-electron chi connectivity index (χ1n) is 11.1. The zero-order valence-electron chi connectivity index (χ0n) is 18.8. The van der Waals surface area contributed by atoms with Crippen molar-refractivity contribution >= 4 is 39.9 Å². The number of imide groups is 1. The summed E-state index contributed by atoms with van der Waals surface area (Å²) in [6.07, 6.45) is 3.85. The van der Waals surface area contributed by atoms with E-state index in [1.54, 1.807) is 0 Å². The van der Waals surface area contributed by atoms with Gasteiger partial charge >= 0.3 is 0 Å². The third-order valence-electron chi connectivity index (χ3n) is 5.75. The Bertz CT molecular complexity index is 1390. The first-order chi connectivity index (χ1) is 16.6. The first kappa shape index (κ1) is 22.0. The summed E-state index contributed by atoms with van der Waals surface area (Å²) in [4.78, 5) is 27.5. The van der Waals surface area contributed by atoms with Crippen molar-refractivity contribution in [1.82, 2.24) is 9.47 Å². The van der Waals surface area contributed by atoms with Gasteiger partial charge in [-0.05, 0) is 48.5 Å². The minimum Gasteiger partial charge on any atom is -0.492 e. The fourth-order valence-corrected chi connectivity index (χ4v) is 4.95. The van der Waals surface area contributed by atoms with Gasteiger partial charge in [0.1, 0.15) is 12.4 Å². The number of aryl methyl sites for hydroxylation is 1. The number of fused-ring (bicyclic) bond motifs is 1. The average Bonchev–Trinajstić information content (AvgIpc) is 3.32. The van der Waals surface area contributed by atoms with Gasteiger partial charge in [-0.3, -0.25) is 14.5 Å². The lowest BCUT2D eigenvalue weighted by Gasteiger charge is -2.12. The number of para-hydroxylation sites is 2. The van der Waals surface area contributed by atoms with Gasteiger partial charge in [0.05, 0.1) is 18.0 Å². The van der Waals surface area contributed by atoms with Crippen LogP contribution in [-0.4, -0.2) is 27.2 Å². The molecule has 170 valence electrons. The fourth-order valence-electron chi connectivity index (χ4n) is 4.12. The second kappa shape index (κ2) is 9.61. The Labute approximate surface area is 202 Å². The van der Waals surface area contributed by atoms with Crippen molar-refractivity contribution in [2.24, 2.45) is 0 Å². The van der Waals surface area contributed by atoms with Gasteiger partial charge in [-0.1, -0.05) is 66.2 Å². The van der Waals surface area contributed by atoms with Crippen LogP contribution in [-0.2, 0) is 17.9 Å². The molecule has 34 heavy (non-hydrogen) atoms. The van der Waals surface area contributed by atoms with E-state index in [1.165, 1.54) is 4.90 Å². The number of amides is 2. The molecule has 2 heterocycles. The molecular weight excluding hydrogens is 444 g/mol. The summed E-state index contributed by atoms with van der Waals surface area (Å²) >= 11 is 0.998. The third kappa shape index (κ3) is 4.63. The van der Waals surface area contributed by atoms with Crippen LogP contribution in [0.25, 0.3) is 17.0 Å². The van der Waals surface area contributed by atoms with Crippen molar-refractivity contribution in [3.05, 3.63) is 107 Å². The highest BCUT2D eigenvalue weighted by atomic mass is 32.2. The van der Waals surface area contributed by atoms with Crippen LogP contribution in [0.1, 0.15) is 16.7 Å². The highest BCUT2D eigenvalue weighted by Gasteiger charge is 2.35. The van der Waals surface area contributed by atoms with Crippen LogP contribution < -0.4 is 4.74 Å². The predicted octanol–water partition coefficient (Wildman–Crippen LogP) is 6.27. The number of hydrogen-bond donors (Lipinski definition) is 0. The van der Waals surface area contributed by atoms with Crippen LogP contribution in [0.5, 0.6) is 5.75 Å². The van der Waals surface area contributed by atoms with E-state index in [2.05, 4.69) is 10.6 Å². The maximum absolute atomic E-state index is 13.1. The van der Waals surface area contributed by atoms with Crippen molar-refractivity contribution in [3.63, 3.8) is 0 Å². The molecule has 0 N–H and O–H groups in total. The third-order valence-corrected chi connectivity index (χ3v) is 6.65. The van der Waals surface area contributed by atoms with E-state index in [9.17, 15) is 9.59 Å². The molecule has 6 heteroatoms. The van der Waals surface area contributed by atoms with E-state index >= 15 is 0 Å². The lowest BCUT2D eigenvalue weighted by molar-refractivity contribution is -0.123. The molecule has 0 radical (unpaired) electrons. The van der Waals surface area contributed by atoms with Crippen LogP contribution in [0, 0.1) is 6.92 Å². The predicted molar refractivity (Wildman–Crippen MR) is 137 cm³/mol.